The van der Waals surface area contributed by atoms with Crippen molar-refractivity contribution in [3.63, 3.8) is 0 Å². The summed E-state index contributed by atoms with van der Waals surface area (Å²) in [6, 6.07) is 8.41. The third-order valence-corrected chi connectivity index (χ3v) is 2.43. The predicted molar refractivity (Wildman–Crippen MR) is 60.8 cm³/mol. The van der Waals surface area contributed by atoms with Gasteiger partial charge in [0.25, 0.3) is 0 Å². The number of aromatic nitrogens is 1. The summed E-state index contributed by atoms with van der Waals surface area (Å²) in [4.78, 5) is 6.39. The summed E-state index contributed by atoms with van der Waals surface area (Å²) in [5.41, 5.74) is 1.30. The molecule has 0 saturated heterocycles. The summed E-state index contributed by atoms with van der Waals surface area (Å²) in [7, 11) is 4.01. The highest BCUT2D eigenvalue weighted by Gasteiger charge is 2.00. The summed E-state index contributed by atoms with van der Waals surface area (Å²) in [6.07, 6.45) is 1.93. The molecule has 0 aliphatic carbocycles. The number of pyridine rings is 1. The zero-order chi connectivity index (χ0) is 10.1. The molecule has 0 spiro atoms. The van der Waals surface area contributed by atoms with Crippen molar-refractivity contribution in [2.24, 2.45) is 0 Å². The van der Waals surface area contributed by atoms with E-state index in [1.807, 2.05) is 25.2 Å². The van der Waals surface area contributed by atoms with Gasteiger partial charge in [-0.1, -0.05) is 18.2 Å². The molecule has 2 rings (SSSR count). The molecular formula is C12H14N2. The molecule has 0 saturated carbocycles. The fourth-order valence-electron chi connectivity index (χ4n) is 1.56. The molecule has 2 heteroatoms. The SMILES string of the molecule is Cc1cccc2cnc(N(C)C)cc12. The molecule has 1 aromatic carbocycles. The van der Waals surface area contributed by atoms with E-state index in [2.05, 4.69) is 36.2 Å². The first-order valence-electron chi connectivity index (χ1n) is 4.71. The van der Waals surface area contributed by atoms with Gasteiger partial charge in [-0.15, -0.1) is 0 Å². The molecule has 0 amide bonds. The minimum atomic E-state index is 1.01. The van der Waals surface area contributed by atoms with Crippen molar-refractivity contribution in [2.45, 2.75) is 6.92 Å². The van der Waals surface area contributed by atoms with E-state index in [1.54, 1.807) is 0 Å². The molecule has 0 aliphatic heterocycles. The van der Waals surface area contributed by atoms with Gasteiger partial charge in [-0.05, 0) is 23.9 Å². The fourth-order valence-corrected chi connectivity index (χ4v) is 1.56. The maximum atomic E-state index is 4.37. The van der Waals surface area contributed by atoms with E-state index in [4.69, 9.17) is 0 Å². The van der Waals surface area contributed by atoms with Gasteiger partial charge in [0.1, 0.15) is 5.82 Å². The van der Waals surface area contributed by atoms with E-state index < -0.39 is 0 Å². The number of nitrogens with zero attached hydrogens (tertiary/aromatic N) is 2. The number of hydrogen-bond acceptors (Lipinski definition) is 2. The Balaban J connectivity index is 2.70. The van der Waals surface area contributed by atoms with Crippen LogP contribution in [-0.4, -0.2) is 19.1 Å². The van der Waals surface area contributed by atoms with Crippen LogP contribution in [0.15, 0.2) is 30.5 Å². The van der Waals surface area contributed by atoms with Gasteiger partial charge in [0.2, 0.25) is 0 Å². The van der Waals surface area contributed by atoms with Crippen LogP contribution in [0.3, 0.4) is 0 Å². The summed E-state index contributed by atoms with van der Waals surface area (Å²) in [5.74, 6) is 1.01. The first-order valence-corrected chi connectivity index (χ1v) is 4.71. The number of benzene rings is 1. The predicted octanol–water partition coefficient (Wildman–Crippen LogP) is 2.61. The lowest BCUT2D eigenvalue weighted by Crippen LogP contribution is -2.10. The van der Waals surface area contributed by atoms with Crippen LogP contribution in [0.2, 0.25) is 0 Å². The minimum absolute atomic E-state index is 1.01. The molecule has 1 heterocycles. The molecule has 0 bridgehead atoms. The average Bonchev–Trinajstić information content (AvgIpc) is 2.18. The highest BCUT2D eigenvalue weighted by atomic mass is 15.1. The fraction of sp³-hybridized carbons (Fsp3) is 0.250. The summed E-state index contributed by atoms with van der Waals surface area (Å²) < 4.78 is 0. The Morgan fingerprint density at radius 1 is 1.21 bits per heavy atom. The van der Waals surface area contributed by atoms with Gasteiger partial charge < -0.3 is 4.90 Å². The number of aryl methyl sites for hydroxylation is 1. The largest absolute Gasteiger partial charge is 0.363 e. The first kappa shape index (κ1) is 9.00. The first-order chi connectivity index (χ1) is 6.68. The van der Waals surface area contributed by atoms with Crippen LogP contribution in [0.1, 0.15) is 5.56 Å². The summed E-state index contributed by atoms with van der Waals surface area (Å²) in [6.45, 7) is 2.13. The molecule has 0 fully saturated rings. The van der Waals surface area contributed by atoms with Crippen LogP contribution >= 0.6 is 0 Å². The van der Waals surface area contributed by atoms with Gasteiger partial charge in [-0.3, -0.25) is 0 Å². The zero-order valence-electron chi connectivity index (χ0n) is 8.78. The van der Waals surface area contributed by atoms with Gasteiger partial charge in [0.15, 0.2) is 0 Å². The molecule has 2 nitrogen and oxygen atoms in total. The summed E-state index contributed by atoms with van der Waals surface area (Å²) in [5, 5.41) is 2.49. The van der Waals surface area contributed by atoms with E-state index in [-0.39, 0.29) is 0 Å². The molecule has 0 atom stereocenters. The highest BCUT2D eigenvalue weighted by Crippen LogP contribution is 2.20. The molecule has 1 aromatic heterocycles. The van der Waals surface area contributed by atoms with Crippen molar-refractivity contribution in [3.05, 3.63) is 36.0 Å². The highest BCUT2D eigenvalue weighted by molar-refractivity contribution is 5.86. The maximum Gasteiger partial charge on any atom is 0.128 e. The average molecular weight is 186 g/mol. The standard InChI is InChI=1S/C12H14N2/c1-9-5-4-6-10-8-13-12(14(2)3)7-11(9)10/h4-8H,1-3H3. The van der Waals surface area contributed by atoms with Crippen LogP contribution in [0, 0.1) is 6.92 Å². The molecule has 0 radical (unpaired) electrons. The third-order valence-electron chi connectivity index (χ3n) is 2.43. The number of rotatable bonds is 1. The molecular weight excluding hydrogens is 172 g/mol. The van der Waals surface area contributed by atoms with Crippen LogP contribution in [0.5, 0.6) is 0 Å². The van der Waals surface area contributed by atoms with Gasteiger partial charge in [-0.2, -0.15) is 0 Å². The zero-order valence-corrected chi connectivity index (χ0v) is 8.78. The Kier molecular flexibility index (Phi) is 2.12. The quantitative estimate of drug-likeness (QED) is 0.680. The number of anilines is 1. The van der Waals surface area contributed by atoms with Crippen LogP contribution in [0.4, 0.5) is 5.82 Å². The van der Waals surface area contributed by atoms with E-state index >= 15 is 0 Å². The maximum absolute atomic E-state index is 4.37. The minimum Gasteiger partial charge on any atom is -0.363 e. The monoisotopic (exact) mass is 186 g/mol. The molecule has 72 valence electrons. The normalized spacial score (nSPS) is 10.5. The second-order valence-corrected chi connectivity index (χ2v) is 3.73. The lowest BCUT2D eigenvalue weighted by Gasteiger charge is -2.12. The molecule has 0 unspecified atom stereocenters. The Bertz CT molecular complexity index is 461. The van der Waals surface area contributed by atoms with Crippen molar-refractivity contribution in [2.75, 3.05) is 19.0 Å². The topological polar surface area (TPSA) is 16.1 Å². The Hall–Kier alpha value is -1.57. The van der Waals surface area contributed by atoms with Crippen molar-refractivity contribution >= 4 is 16.6 Å². The van der Waals surface area contributed by atoms with Crippen LogP contribution in [0.25, 0.3) is 10.8 Å². The molecule has 0 aliphatic rings. The van der Waals surface area contributed by atoms with Crippen molar-refractivity contribution in [1.29, 1.82) is 0 Å². The van der Waals surface area contributed by atoms with Crippen LogP contribution < -0.4 is 4.90 Å². The van der Waals surface area contributed by atoms with Gasteiger partial charge in [0, 0.05) is 25.7 Å². The molecule has 0 N–H and O–H groups in total. The lowest BCUT2D eigenvalue weighted by molar-refractivity contribution is 1.07. The van der Waals surface area contributed by atoms with Crippen molar-refractivity contribution in [1.82, 2.24) is 4.98 Å². The summed E-state index contributed by atoms with van der Waals surface area (Å²) >= 11 is 0. The van der Waals surface area contributed by atoms with Crippen LogP contribution in [-0.2, 0) is 0 Å². The second-order valence-electron chi connectivity index (χ2n) is 3.73. The van der Waals surface area contributed by atoms with Gasteiger partial charge >= 0.3 is 0 Å². The van der Waals surface area contributed by atoms with Crippen molar-refractivity contribution in [3.8, 4) is 0 Å². The van der Waals surface area contributed by atoms with E-state index in [9.17, 15) is 0 Å². The second kappa shape index (κ2) is 3.29. The lowest BCUT2D eigenvalue weighted by atomic mass is 10.1. The third kappa shape index (κ3) is 1.43. The number of fused-ring (bicyclic) bond motifs is 1. The molecule has 14 heavy (non-hydrogen) atoms. The number of hydrogen-bond donors (Lipinski definition) is 0. The Labute approximate surface area is 84.2 Å². The van der Waals surface area contributed by atoms with E-state index in [0.717, 1.165) is 5.82 Å². The van der Waals surface area contributed by atoms with E-state index in [0.29, 0.717) is 0 Å². The van der Waals surface area contributed by atoms with Gasteiger partial charge in [-0.25, -0.2) is 4.98 Å². The molecule has 2 aromatic rings. The smallest absolute Gasteiger partial charge is 0.128 e. The Morgan fingerprint density at radius 2 is 2.00 bits per heavy atom. The Morgan fingerprint density at radius 3 is 2.71 bits per heavy atom. The van der Waals surface area contributed by atoms with Gasteiger partial charge in [0.05, 0.1) is 0 Å². The van der Waals surface area contributed by atoms with E-state index in [1.165, 1.54) is 16.3 Å². The van der Waals surface area contributed by atoms with Crippen molar-refractivity contribution < 1.29 is 0 Å².